The fourth-order valence-corrected chi connectivity index (χ4v) is 1.94. The number of nitrogens with zero attached hydrogens (tertiary/aromatic N) is 1. The number of nitriles is 1. The first kappa shape index (κ1) is 17.7. The number of carbonyl (C=O) groups is 2. The summed E-state index contributed by atoms with van der Waals surface area (Å²) in [6, 6.07) is 8.73. The molecular formula is C16H23N4O2+. The van der Waals surface area contributed by atoms with Crippen molar-refractivity contribution in [2.45, 2.75) is 26.3 Å². The Balaban J connectivity index is 2.47. The third-order valence-electron chi connectivity index (χ3n) is 2.71. The second-order valence-corrected chi connectivity index (χ2v) is 6.35. The molecule has 0 fully saturated rings. The lowest BCUT2D eigenvalue weighted by molar-refractivity contribution is -0.862. The molecule has 0 aliphatic rings. The Kier molecular flexibility index (Phi) is 6.08. The molecule has 0 aliphatic heterocycles. The predicted octanol–water partition coefficient (Wildman–Crippen LogP) is -0.0738. The van der Waals surface area contributed by atoms with E-state index in [9.17, 15) is 9.59 Å². The van der Waals surface area contributed by atoms with Crippen molar-refractivity contribution in [3.8, 4) is 6.07 Å². The fourth-order valence-electron chi connectivity index (χ4n) is 1.94. The summed E-state index contributed by atoms with van der Waals surface area (Å²) in [6.45, 7) is 6.14. The zero-order valence-electron chi connectivity index (χ0n) is 13.5. The molecule has 2 amide bonds. The minimum absolute atomic E-state index is 0.0933. The van der Waals surface area contributed by atoms with E-state index in [0.29, 0.717) is 11.3 Å². The van der Waals surface area contributed by atoms with Crippen LogP contribution in [0.2, 0.25) is 0 Å². The second kappa shape index (κ2) is 7.57. The van der Waals surface area contributed by atoms with Crippen LogP contribution in [-0.4, -0.2) is 37.5 Å². The second-order valence-electron chi connectivity index (χ2n) is 6.35. The average molecular weight is 303 g/mol. The Morgan fingerprint density at radius 1 is 1.23 bits per heavy atom. The van der Waals surface area contributed by atoms with Crippen LogP contribution < -0.4 is 15.5 Å². The molecule has 0 radical (unpaired) electrons. The van der Waals surface area contributed by atoms with Gasteiger partial charge in [-0.25, -0.2) is 0 Å². The van der Waals surface area contributed by atoms with Gasteiger partial charge in [0.15, 0.2) is 13.1 Å². The van der Waals surface area contributed by atoms with E-state index in [1.807, 2.05) is 26.8 Å². The molecule has 1 unspecified atom stereocenters. The first-order valence-electron chi connectivity index (χ1n) is 7.12. The number of amides is 2. The van der Waals surface area contributed by atoms with Crippen molar-refractivity contribution >= 4 is 17.5 Å². The Hall–Kier alpha value is -2.39. The number of anilines is 1. The van der Waals surface area contributed by atoms with E-state index in [0.717, 1.165) is 4.90 Å². The van der Waals surface area contributed by atoms with Gasteiger partial charge in [-0.3, -0.25) is 9.59 Å². The molecule has 1 aromatic rings. The van der Waals surface area contributed by atoms with Crippen LogP contribution in [-0.2, 0) is 9.59 Å². The van der Waals surface area contributed by atoms with Gasteiger partial charge in [0.1, 0.15) is 0 Å². The van der Waals surface area contributed by atoms with E-state index in [1.54, 1.807) is 31.3 Å². The van der Waals surface area contributed by atoms with Crippen molar-refractivity contribution in [1.82, 2.24) is 5.32 Å². The SMILES string of the molecule is C[NH+](CC(=O)Nc1cccc(C#N)c1)CC(=O)NC(C)(C)C. The first-order chi connectivity index (χ1) is 10.2. The van der Waals surface area contributed by atoms with Gasteiger partial charge in [-0.15, -0.1) is 0 Å². The number of likely N-dealkylation sites (N-methyl/N-ethyl adjacent to an activating group) is 1. The van der Waals surface area contributed by atoms with Gasteiger partial charge < -0.3 is 15.5 Å². The molecule has 0 saturated heterocycles. The van der Waals surface area contributed by atoms with Crippen LogP contribution in [0.1, 0.15) is 26.3 Å². The molecule has 1 rings (SSSR count). The van der Waals surface area contributed by atoms with Crippen LogP contribution in [0, 0.1) is 11.3 Å². The maximum Gasteiger partial charge on any atom is 0.279 e. The molecule has 0 bridgehead atoms. The van der Waals surface area contributed by atoms with Gasteiger partial charge in [0.2, 0.25) is 0 Å². The minimum atomic E-state index is -0.280. The summed E-state index contributed by atoms with van der Waals surface area (Å²) in [7, 11) is 1.79. The van der Waals surface area contributed by atoms with Gasteiger partial charge in [0.05, 0.1) is 18.7 Å². The lowest BCUT2D eigenvalue weighted by Gasteiger charge is -2.21. The van der Waals surface area contributed by atoms with E-state index in [1.165, 1.54) is 0 Å². The van der Waals surface area contributed by atoms with Crippen molar-refractivity contribution in [2.24, 2.45) is 0 Å². The van der Waals surface area contributed by atoms with Crippen molar-refractivity contribution in [2.75, 3.05) is 25.5 Å². The van der Waals surface area contributed by atoms with E-state index >= 15 is 0 Å². The number of hydrogen-bond donors (Lipinski definition) is 3. The van der Waals surface area contributed by atoms with Crippen molar-refractivity contribution < 1.29 is 14.5 Å². The van der Waals surface area contributed by atoms with Gasteiger partial charge in [0, 0.05) is 11.2 Å². The van der Waals surface area contributed by atoms with Crippen LogP contribution >= 0.6 is 0 Å². The van der Waals surface area contributed by atoms with E-state index in [2.05, 4.69) is 10.6 Å². The number of carbonyl (C=O) groups excluding carboxylic acids is 2. The number of nitrogens with one attached hydrogen (secondary N) is 3. The Bertz CT molecular complexity index is 585. The number of quaternary nitrogens is 1. The summed E-state index contributed by atoms with van der Waals surface area (Å²) in [5.41, 5.74) is 0.788. The summed E-state index contributed by atoms with van der Waals surface area (Å²) >= 11 is 0. The highest BCUT2D eigenvalue weighted by molar-refractivity contribution is 5.91. The average Bonchev–Trinajstić information content (AvgIpc) is 2.35. The molecule has 0 aromatic heterocycles. The predicted molar refractivity (Wildman–Crippen MR) is 84.3 cm³/mol. The lowest BCUT2D eigenvalue weighted by Crippen LogP contribution is -3.11. The highest BCUT2D eigenvalue weighted by atomic mass is 16.2. The Morgan fingerprint density at radius 2 is 1.86 bits per heavy atom. The lowest BCUT2D eigenvalue weighted by atomic mass is 10.1. The fraction of sp³-hybridized carbons (Fsp3) is 0.438. The number of hydrogen-bond acceptors (Lipinski definition) is 3. The third-order valence-corrected chi connectivity index (χ3v) is 2.71. The number of rotatable bonds is 5. The first-order valence-corrected chi connectivity index (χ1v) is 7.12. The molecule has 6 heteroatoms. The van der Waals surface area contributed by atoms with Crippen molar-refractivity contribution in [3.63, 3.8) is 0 Å². The third kappa shape index (κ3) is 6.86. The van der Waals surface area contributed by atoms with E-state index in [4.69, 9.17) is 5.26 Å². The maximum atomic E-state index is 11.9. The highest BCUT2D eigenvalue weighted by Crippen LogP contribution is 2.08. The molecule has 0 spiro atoms. The van der Waals surface area contributed by atoms with Crippen LogP contribution in [0.25, 0.3) is 0 Å². The van der Waals surface area contributed by atoms with Crippen LogP contribution in [0.5, 0.6) is 0 Å². The van der Waals surface area contributed by atoms with Gasteiger partial charge in [0.25, 0.3) is 11.8 Å². The largest absolute Gasteiger partial charge is 0.347 e. The van der Waals surface area contributed by atoms with Crippen LogP contribution in [0.4, 0.5) is 5.69 Å². The summed E-state index contributed by atoms with van der Waals surface area (Å²) in [6.07, 6.45) is 0. The van der Waals surface area contributed by atoms with E-state index < -0.39 is 0 Å². The van der Waals surface area contributed by atoms with Gasteiger partial charge in [-0.2, -0.15) is 5.26 Å². The smallest absolute Gasteiger partial charge is 0.279 e. The quantitative estimate of drug-likeness (QED) is 0.711. The molecule has 6 nitrogen and oxygen atoms in total. The van der Waals surface area contributed by atoms with Gasteiger partial charge in [-0.1, -0.05) is 6.07 Å². The normalized spacial score (nSPS) is 12.1. The van der Waals surface area contributed by atoms with Gasteiger partial charge in [-0.05, 0) is 39.0 Å². The zero-order valence-corrected chi connectivity index (χ0v) is 13.5. The van der Waals surface area contributed by atoms with Crippen molar-refractivity contribution in [1.29, 1.82) is 5.26 Å². The molecule has 3 N–H and O–H groups in total. The Labute approximate surface area is 131 Å². The monoisotopic (exact) mass is 303 g/mol. The Morgan fingerprint density at radius 3 is 2.45 bits per heavy atom. The minimum Gasteiger partial charge on any atom is -0.347 e. The van der Waals surface area contributed by atoms with Crippen LogP contribution in [0.15, 0.2) is 24.3 Å². The molecule has 1 aromatic carbocycles. The zero-order chi connectivity index (χ0) is 16.8. The highest BCUT2D eigenvalue weighted by Gasteiger charge is 2.18. The summed E-state index contributed by atoms with van der Waals surface area (Å²) in [5, 5.41) is 14.4. The standard InChI is InChI=1S/C16H22N4O2/c1-16(2,3)19-15(22)11-20(4)10-14(21)18-13-7-5-6-12(8-13)9-17/h5-8H,10-11H2,1-4H3,(H,18,21)(H,19,22)/p+1. The molecule has 1 atom stereocenters. The van der Waals surface area contributed by atoms with Gasteiger partial charge >= 0.3 is 0 Å². The van der Waals surface area contributed by atoms with Crippen LogP contribution in [0.3, 0.4) is 0 Å². The molecular weight excluding hydrogens is 280 g/mol. The molecule has 0 heterocycles. The van der Waals surface area contributed by atoms with E-state index in [-0.39, 0.29) is 30.4 Å². The summed E-state index contributed by atoms with van der Waals surface area (Å²) < 4.78 is 0. The molecule has 0 saturated carbocycles. The summed E-state index contributed by atoms with van der Waals surface area (Å²) in [5.74, 6) is -0.291. The molecule has 22 heavy (non-hydrogen) atoms. The summed E-state index contributed by atoms with van der Waals surface area (Å²) in [4.78, 5) is 24.5. The molecule has 118 valence electrons. The number of benzene rings is 1. The topological polar surface area (TPSA) is 86.4 Å². The molecule has 0 aliphatic carbocycles. The van der Waals surface area contributed by atoms with Crippen molar-refractivity contribution in [3.05, 3.63) is 29.8 Å². The maximum absolute atomic E-state index is 11.9.